The van der Waals surface area contributed by atoms with E-state index < -0.39 is 7.82 Å². The fourth-order valence-electron chi connectivity index (χ4n) is 0.364. The summed E-state index contributed by atoms with van der Waals surface area (Å²) in [5, 5.41) is 22.7. The molecule has 21 heavy (non-hydrogen) atoms. The largest absolute Gasteiger partial charge is 0.472 e. The fraction of sp³-hybridized carbons (Fsp3) is 0.917. The van der Waals surface area contributed by atoms with Crippen molar-refractivity contribution in [2.75, 3.05) is 33.0 Å². The van der Waals surface area contributed by atoms with Crippen LogP contribution in [0.5, 0.6) is 0 Å². The Kier molecular flexibility index (Phi) is 76.9. The molecule has 0 aromatic rings. The van der Waals surface area contributed by atoms with E-state index in [0.29, 0.717) is 0 Å². The van der Waals surface area contributed by atoms with E-state index in [-0.39, 0.29) is 54.8 Å². The van der Waals surface area contributed by atoms with E-state index in [0.717, 1.165) is 0 Å². The normalized spacial score (nSPS) is 7.95. The van der Waals surface area contributed by atoms with Crippen LogP contribution in [0.25, 0.3) is 0 Å². The summed E-state index contributed by atoms with van der Waals surface area (Å²) in [5.41, 5.74) is 0. The molecule has 0 radical (unpaired) electrons. The molecule has 0 aromatic carbocycles. The van der Waals surface area contributed by atoms with Crippen molar-refractivity contribution in [3.8, 4) is 0 Å². The molecule has 0 aliphatic heterocycles. The fourth-order valence-corrected chi connectivity index (χ4v) is 1.09. The maximum atomic E-state index is 10.5. The smallest absolute Gasteiger partial charge is 0.397 e. The van der Waals surface area contributed by atoms with Crippen molar-refractivity contribution in [3.05, 3.63) is 6.92 Å². The van der Waals surface area contributed by atoms with Crippen LogP contribution in [-0.4, -0.2) is 53.2 Å². The van der Waals surface area contributed by atoms with Crippen molar-refractivity contribution in [1.82, 2.24) is 0 Å². The zero-order chi connectivity index (χ0) is 17.4. The number of hydrogen-bond acceptors (Lipinski definition) is 6. The third kappa shape index (κ3) is 95.6. The van der Waals surface area contributed by atoms with E-state index in [1.807, 2.05) is 0 Å². The first-order valence-electron chi connectivity index (χ1n) is 6.52. The van der Waals surface area contributed by atoms with E-state index in [1.165, 1.54) is 0 Å². The number of phosphoric acid groups is 1. The number of hydrogen-bond donors (Lipinski definition) is 4. The van der Waals surface area contributed by atoms with Gasteiger partial charge in [0.2, 0.25) is 0 Å². The zero-order valence-electron chi connectivity index (χ0n) is 14.2. The molecular weight excluding hydrogens is 335 g/mol. The molecule has 0 aliphatic carbocycles. The molecule has 0 aromatic heterocycles. The van der Waals surface area contributed by atoms with Crippen molar-refractivity contribution in [1.29, 1.82) is 0 Å². The second-order valence-corrected chi connectivity index (χ2v) is 3.71. The van der Waals surface area contributed by atoms with Crippen LogP contribution in [0.3, 0.4) is 0 Å². The Morgan fingerprint density at radius 3 is 1.05 bits per heavy atom. The van der Waals surface area contributed by atoms with Crippen molar-refractivity contribution in [2.45, 2.75) is 41.5 Å². The van der Waals surface area contributed by atoms with Gasteiger partial charge in [0.15, 0.2) is 0 Å². The van der Waals surface area contributed by atoms with E-state index in [9.17, 15) is 4.57 Å². The molecule has 134 valence electrons. The summed E-state index contributed by atoms with van der Waals surface area (Å²) in [4.78, 5) is 8.63. The van der Waals surface area contributed by atoms with Crippen LogP contribution < -0.4 is 0 Å². The second-order valence-electron chi connectivity index (χ2n) is 2.25. The van der Waals surface area contributed by atoms with Gasteiger partial charge in [-0.05, 0) is 34.6 Å². The standard InChI is InChI=1S/C4H11O4P.3C2H6O.C2H5.Ti/c1-3-7-9(5,6)8-4-2;3*1-2-3;1-2;/h3-4H2,1-2H3,(H,5,6);3*3H,2H2,1H3;1H2,2H3;/q;;;;-1;. The monoisotopic (exact) mass is 369 g/mol. The number of aliphatic hydroxyl groups is 3. The Hall–Kier alpha value is 0.704. The van der Waals surface area contributed by atoms with Crippen LogP contribution in [0, 0.1) is 6.92 Å². The zero-order valence-corrected chi connectivity index (χ0v) is 16.7. The molecule has 9 heteroatoms. The van der Waals surface area contributed by atoms with Crippen LogP contribution in [0.2, 0.25) is 0 Å². The van der Waals surface area contributed by atoms with Crippen molar-refractivity contribution in [2.24, 2.45) is 0 Å². The van der Waals surface area contributed by atoms with Gasteiger partial charge in [0.05, 0.1) is 13.2 Å². The molecule has 0 rings (SSSR count). The molecule has 4 N–H and O–H groups in total. The summed E-state index contributed by atoms with van der Waals surface area (Å²) < 4.78 is 19.2. The Labute approximate surface area is 145 Å². The first-order chi connectivity index (χ1) is 9.36. The van der Waals surface area contributed by atoms with Crippen LogP contribution in [0.4, 0.5) is 0 Å². The third-order valence-electron chi connectivity index (χ3n) is 0.584. The molecule has 0 spiro atoms. The Balaban J connectivity index is -0.0000000395. The molecule has 0 atom stereocenters. The van der Waals surface area contributed by atoms with Gasteiger partial charge in [0.1, 0.15) is 0 Å². The molecule has 7 nitrogen and oxygen atoms in total. The summed E-state index contributed by atoms with van der Waals surface area (Å²) in [6.45, 7) is 14.4. The summed E-state index contributed by atoms with van der Waals surface area (Å²) in [6.07, 6.45) is 0. The van der Waals surface area contributed by atoms with Gasteiger partial charge >= 0.3 is 7.82 Å². The van der Waals surface area contributed by atoms with Crippen molar-refractivity contribution < 1.29 is 55.5 Å². The average molecular weight is 369 g/mol. The van der Waals surface area contributed by atoms with Gasteiger partial charge in [-0.15, -0.1) is 0 Å². The van der Waals surface area contributed by atoms with Crippen LogP contribution in [0.15, 0.2) is 0 Å². The summed E-state index contributed by atoms with van der Waals surface area (Å²) in [5.74, 6) is 0. The van der Waals surface area contributed by atoms with Crippen LogP contribution >= 0.6 is 7.82 Å². The predicted octanol–water partition coefficient (Wildman–Crippen LogP) is 1.99. The summed E-state index contributed by atoms with van der Waals surface area (Å²) in [6, 6.07) is 0. The molecule has 0 bridgehead atoms. The number of rotatable bonds is 4. The summed E-state index contributed by atoms with van der Waals surface area (Å²) >= 11 is 0. The molecule has 0 amide bonds. The number of phosphoric ester groups is 1. The van der Waals surface area contributed by atoms with E-state index in [4.69, 9.17) is 20.2 Å². The van der Waals surface area contributed by atoms with Crippen molar-refractivity contribution >= 4 is 7.82 Å². The minimum Gasteiger partial charge on any atom is -0.397 e. The van der Waals surface area contributed by atoms with Crippen LogP contribution in [-0.2, 0) is 35.3 Å². The first kappa shape index (κ1) is 37.7. The molecule has 0 fully saturated rings. The molecule has 0 saturated heterocycles. The van der Waals surface area contributed by atoms with Gasteiger partial charge in [-0.2, -0.15) is 6.92 Å². The van der Waals surface area contributed by atoms with Gasteiger partial charge in [0, 0.05) is 41.5 Å². The van der Waals surface area contributed by atoms with E-state index >= 15 is 0 Å². The van der Waals surface area contributed by atoms with Gasteiger partial charge in [0.25, 0.3) is 0 Å². The van der Waals surface area contributed by atoms with Crippen LogP contribution in [0.1, 0.15) is 41.5 Å². The third-order valence-corrected chi connectivity index (χ3v) is 1.75. The predicted molar refractivity (Wildman–Crippen MR) is 82.4 cm³/mol. The maximum Gasteiger partial charge on any atom is 0.472 e. The molecular formula is C12H34O7PTi-. The number of aliphatic hydroxyl groups excluding tert-OH is 3. The Bertz CT molecular complexity index is 148. The average Bonchev–Trinajstić information content (AvgIpc) is 2.34. The minimum absolute atomic E-state index is 0. The SMILES string of the molecule is CCO.CCO.CCO.CCOP(=O)(O)OCC.[CH2-]C.[Ti]. The quantitative estimate of drug-likeness (QED) is 0.340. The molecule has 0 aliphatic rings. The molecule has 0 saturated carbocycles. The van der Waals surface area contributed by atoms with Gasteiger partial charge in [-0.3, -0.25) is 9.05 Å². The Morgan fingerprint density at radius 2 is 0.952 bits per heavy atom. The van der Waals surface area contributed by atoms with Gasteiger partial charge in [-0.1, -0.05) is 0 Å². The first-order valence-corrected chi connectivity index (χ1v) is 8.01. The second kappa shape index (κ2) is 42.8. The van der Waals surface area contributed by atoms with Gasteiger partial charge in [-0.25, -0.2) is 4.57 Å². The van der Waals surface area contributed by atoms with Gasteiger partial charge < -0.3 is 27.1 Å². The topological polar surface area (TPSA) is 116 Å². The van der Waals surface area contributed by atoms with E-state index in [1.54, 1.807) is 41.5 Å². The summed E-state index contributed by atoms with van der Waals surface area (Å²) in [7, 11) is -3.69. The van der Waals surface area contributed by atoms with Crippen molar-refractivity contribution in [3.63, 3.8) is 0 Å². The Morgan fingerprint density at radius 1 is 0.810 bits per heavy atom. The molecule has 0 unspecified atom stereocenters. The molecule has 0 heterocycles. The maximum absolute atomic E-state index is 10.5. The van der Waals surface area contributed by atoms with E-state index in [2.05, 4.69) is 16.0 Å². The minimum atomic E-state index is -3.69.